The second kappa shape index (κ2) is 6.91. The van der Waals surface area contributed by atoms with Crippen LogP contribution in [0.3, 0.4) is 0 Å². The molecule has 0 saturated carbocycles. The monoisotopic (exact) mass is 315 g/mol. The van der Waals surface area contributed by atoms with Crippen LogP contribution in [0.1, 0.15) is 46.6 Å². The lowest BCUT2D eigenvalue weighted by molar-refractivity contribution is 0.0689. The first-order valence-corrected chi connectivity index (χ1v) is 8.00. The Morgan fingerprint density at radius 1 is 1.35 bits per heavy atom. The van der Waals surface area contributed by atoms with Gasteiger partial charge < -0.3 is 9.84 Å². The third-order valence-corrected chi connectivity index (χ3v) is 4.33. The number of aromatic nitrogens is 3. The Labute approximate surface area is 135 Å². The van der Waals surface area contributed by atoms with Crippen molar-refractivity contribution in [1.29, 1.82) is 0 Å². The molecule has 0 atom stereocenters. The molecule has 122 valence electrons. The van der Waals surface area contributed by atoms with Gasteiger partial charge in [0.05, 0.1) is 11.4 Å². The van der Waals surface area contributed by atoms with Gasteiger partial charge in [0.15, 0.2) is 5.69 Å². The molecule has 1 aliphatic rings. The maximum absolute atomic E-state index is 11.4. The Kier molecular flexibility index (Phi) is 4.71. The zero-order chi connectivity index (χ0) is 16.2. The SMILES string of the molecule is COCCCCc1c(C(=O)O)nnn1-c1cccc2c1CCC2. The number of methoxy groups -OCH3 is 1. The maximum Gasteiger partial charge on any atom is 0.358 e. The number of carboxylic acids is 1. The van der Waals surface area contributed by atoms with E-state index in [9.17, 15) is 9.90 Å². The summed E-state index contributed by atoms with van der Waals surface area (Å²) in [6.45, 7) is 0.671. The number of nitrogens with zero attached hydrogens (tertiary/aromatic N) is 3. The van der Waals surface area contributed by atoms with Crippen molar-refractivity contribution >= 4 is 5.97 Å². The van der Waals surface area contributed by atoms with Gasteiger partial charge in [-0.1, -0.05) is 17.3 Å². The second-order valence-electron chi connectivity index (χ2n) is 5.82. The molecule has 1 aromatic heterocycles. The lowest BCUT2D eigenvalue weighted by Crippen LogP contribution is -2.09. The van der Waals surface area contributed by atoms with E-state index in [-0.39, 0.29) is 5.69 Å². The van der Waals surface area contributed by atoms with Crippen LogP contribution in [0.15, 0.2) is 18.2 Å². The molecule has 6 heteroatoms. The van der Waals surface area contributed by atoms with Gasteiger partial charge in [-0.2, -0.15) is 0 Å². The van der Waals surface area contributed by atoms with E-state index in [1.54, 1.807) is 11.8 Å². The summed E-state index contributed by atoms with van der Waals surface area (Å²) in [5.74, 6) is -1.02. The standard InChI is InChI=1S/C17H21N3O3/c1-23-11-3-2-9-15-16(17(21)22)18-19-20(15)14-10-5-7-12-6-4-8-13(12)14/h5,7,10H,2-4,6,8-9,11H2,1H3,(H,21,22). The number of unbranched alkanes of at least 4 members (excludes halogenated alkanes) is 1. The Hall–Kier alpha value is -2.21. The van der Waals surface area contributed by atoms with Crippen LogP contribution >= 0.6 is 0 Å². The van der Waals surface area contributed by atoms with Crippen molar-refractivity contribution in [3.8, 4) is 5.69 Å². The van der Waals surface area contributed by atoms with Crippen molar-refractivity contribution in [2.75, 3.05) is 13.7 Å². The van der Waals surface area contributed by atoms with Crippen molar-refractivity contribution in [1.82, 2.24) is 15.0 Å². The van der Waals surface area contributed by atoms with Crippen LogP contribution in [0.25, 0.3) is 5.69 Å². The Morgan fingerprint density at radius 3 is 3.00 bits per heavy atom. The molecule has 1 N–H and O–H groups in total. The molecular formula is C17H21N3O3. The number of hydrogen-bond acceptors (Lipinski definition) is 4. The van der Waals surface area contributed by atoms with Gasteiger partial charge in [0, 0.05) is 13.7 Å². The number of aryl methyl sites for hydroxylation is 1. The quantitative estimate of drug-likeness (QED) is 0.794. The maximum atomic E-state index is 11.4. The number of hydrogen-bond donors (Lipinski definition) is 1. The van der Waals surface area contributed by atoms with E-state index in [2.05, 4.69) is 16.4 Å². The summed E-state index contributed by atoms with van der Waals surface area (Å²) >= 11 is 0. The molecule has 3 rings (SSSR count). The van der Waals surface area contributed by atoms with E-state index in [4.69, 9.17) is 4.74 Å². The summed E-state index contributed by atoms with van der Waals surface area (Å²) in [4.78, 5) is 11.4. The molecule has 0 radical (unpaired) electrons. The predicted octanol–water partition coefficient (Wildman–Crippen LogP) is 2.42. The normalized spacial score (nSPS) is 13.3. The second-order valence-corrected chi connectivity index (χ2v) is 5.82. The molecule has 1 aromatic carbocycles. The fourth-order valence-electron chi connectivity index (χ4n) is 3.22. The average molecular weight is 315 g/mol. The number of ether oxygens (including phenoxy) is 1. The van der Waals surface area contributed by atoms with Gasteiger partial charge in [0.25, 0.3) is 0 Å². The summed E-state index contributed by atoms with van der Waals surface area (Å²) in [6, 6.07) is 6.15. The van der Waals surface area contributed by atoms with Crippen molar-refractivity contribution in [3.63, 3.8) is 0 Å². The van der Waals surface area contributed by atoms with Crippen LogP contribution in [0.2, 0.25) is 0 Å². The summed E-state index contributed by atoms with van der Waals surface area (Å²) in [6.07, 6.45) is 5.57. The van der Waals surface area contributed by atoms with Gasteiger partial charge in [-0.3, -0.25) is 0 Å². The van der Waals surface area contributed by atoms with Crippen LogP contribution in [0.4, 0.5) is 0 Å². The first kappa shape index (κ1) is 15.7. The molecular weight excluding hydrogens is 294 g/mol. The minimum Gasteiger partial charge on any atom is -0.476 e. The number of aromatic carboxylic acids is 1. The van der Waals surface area contributed by atoms with E-state index in [0.717, 1.165) is 37.8 Å². The van der Waals surface area contributed by atoms with Gasteiger partial charge in [-0.15, -0.1) is 5.10 Å². The fourth-order valence-corrected chi connectivity index (χ4v) is 3.22. The molecule has 1 aliphatic carbocycles. The number of carbonyl (C=O) groups is 1. The van der Waals surface area contributed by atoms with Crippen LogP contribution in [0, 0.1) is 0 Å². The predicted molar refractivity (Wildman–Crippen MR) is 85.2 cm³/mol. The molecule has 0 bridgehead atoms. The summed E-state index contributed by atoms with van der Waals surface area (Å²) in [7, 11) is 1.67. The van der Waals surface area contributed by atoms with Gasteiger partial charge in [-0.25, -0.2) is 9.48 Å². The molecule has 0 saturated heterocycles. The average Bonchev–Trinajstić information content (AvgIpc) is 3.17. The fraction of sp³-hybridized carbons (Fsp3) is 0.471. The minimum absolute atomic E-state index is 0.0537. The van der Waals surface area contributed by atoms with Crippen LogP contribution in [0.5, 0.6) is 0 Å². The number of fused-ring (bicyclic) bond motifs is 1. The van der Waals surface area contributed by atoms with E-state index in [1.165, 1.54) is 11.1 Å². The minimum atomic E-state index is -1.02. The summed E-state index contributed by atoms with van der Waals surface area (Å²) < 4.78 is 6.78. The smallest absolute Gasteiger partial charge is 0.358 e. The third kappa shape index (κ3) is 3.12. The van der Waals surface area contributed by atoms with E-state index >= 15 is 0 Å². The molecule has 0 aliphatic heterocycles. The highest BCUT2D eigenvalue weighted by Gasteiger charge is 2.23. The van der Waals surface area contributed by atoms with Gasteiger partial charge in [-0.05, 0) is 55.7 Å². The molecule has 6 nitrogen and oxygen atoms in total. The van der Waals surface area contributed by atoms with E-state index in [0.29, 0.717) is 18.7 Å². The number of carboxylic acid groups (broad SMARTS) is 1. The van der Waals surface area contributed by atoms with Gasteiger partial charge in [0.2, 0.25) is 0 Å². The van der Waals surface area contributed by atoms with Crippen molar-refractivity contribution in [2.24, 2.45) is 0 Å². The van der Waals surface area contributed by atoms with E-state index < -0.39 is 5.97 Å². The van der Waals surface area contributed by atoms with Crippen LogP contribution in [-0.4, -0.2) is 39.8 Å². The zero-order valence-corrected chi connectivity index (χ0v) is 13.3. The molecule has 0 unspecified atom stereocenters. The van der Waals surface area contributed by atoms with Gasteiger partial charge >= 0.3 is 5.97 Å². The highest BCUT2D eigenvalue weighted by atomic mass is 16.5. The first-order chi connectivity index (χ1) is 11.2. The first-order valence-electron chi connectivity index (χ1n) is 8.00. The molecule has 0 amide bonds. The van der Waals surface area contributed by atoms with E-state index in [1.807, 2.05) is 12.1 Å². The highest BCUT2D eigenvalue weighted by Crippen LogP contribution is 2.28. The van der Waals surface area contributed by atoms with Crippen LogP contribution < -0.4 is 0 Å². The van der Waals surface area contributed by atoms with Crippen molar-refractivity contribution < 1.29 is 14.6 Å². The van der Waals surface area contributed by atoms with Gasteiger partial charge in [0.1, 0.15) is 0 Å². The molecule has 0 fully saturated rings. The van der Waals surface area contributed by atoms with Crippen molar-refractivity contribution in [2.45, 2.75) is 38.5 Å². The molecule has 0 spiro atoms. The topological polar surface area (TPSA) is 77.2 Å². The Morgan fingerprint density at radius 2 is 2.22 bits per heavy atom. The molecule has 23 heavy (non-hydrogen) atoms. The Bertz CT molecular complexity index is 709. The third-order valence-electron chi connectivity index (χ3n) is 4.33. The van der Waals surface area contributed by atoms with Crippen LogP contribution in [-0.2, 0) is 24.0 Å². The summed E-state index contributed by atoms with van der Waals surface area (Å²) in [5, 5.41) is 17.4. The number of rotatable bonds is 7. The Balaban J connectivity index is 1.96. The summed E-state index contributed by atoms with van der Waals surface area (Å²) in [5.41, 5.74) is 4.31. The largest absolute Gasteiger partial charge is 0.476 e. The number of benzene rings is 1. The zero-order valence-electron chi connectivity index (χ0n) is 13.3. The lowest BCUT2D eigenvalue weighted by atomic mass is 10.1. The highest BCUT2D eigenvalue weighted by molar-refractivity contribution is 5.86. The van der Waals surface area contributed by atoms with Crippen molar-refractivity contribution in [3.05, 3.63) is 40.7 Å². The molecule has 2 aromatic rings. The lowest BCUT2D eigenvalue weighted by Gasteiger charge is -2.11. The molecule has 1 heterocycles.